The van der Waals surface area contributed by atoms with Crippen LogP contribution >= 0.6 is 0 Å². The highest BCUT2D eigenvalue weighted by molar-refractivity contribution is 5.94. The van der Waals surface area contributed by atoms with E-state index in [0.29, 0.717) is 11.3 Å². The number of carbonyl (C=O) groups is 2. The Hall–Kier alpha value is -2.02. The molecule has 0 aliphatic carbocycles. The van der Waals surface area contributed by atoms with E-state index in [-0.39, 0.29) is 24.3 Å². The summed E-state index contributed by atoms with van der Waals surface area (Å²) in [5, 5.41) is 0. The second-order valence-corrected chi connectivity index (χ2v) is 5.97. The normalized spacial score (nSPS) is 19.0. The largest absolute Gasteiger partial charge is 0.369 e. The number of aromatic nitrogens is 2. The number of nitrogens with zero attached hydrogens (tertiary/aromatic N) is 4. The van der Waals surface area contributed by atoms with Crippen LogP contribution in [0, 0.1) is 6.92 Å². The first-order chi connectivity index (χ1) is 10.4. The highest BCUT2D eigenvalue weighted by Crippen LogP contribution is 2.24. The quantitative estimate of drug-likeness (QED) is 0.855. The summed E-state index contributed by atoms with van der Waals surface area (Å²) in [6, 6.07) is 0. The van der Waals surface area contributed by atoms with Gasteiger partial charge in [-0.05, 0) is 26.3 Å². The van der Waals surface area contributed by atoms with Gasteiger partial charge in [0.1, 0.15) is 5.82 Å². The topological polar surface area (TPSA) is 92.4 Å². The first-order valence-corrected chi connectivity index (χ1v) is 7.44. The third-order valence-electron chi connectivity index (χ3n) is 3.88. The number of primary amides is 1. The number of amides is 2. The Morgan fingerprint density at radius 2 is 2.18 bits per heavy atom. The van der Waals surface area contributed by atoms with Crippen LogP contribution in [0.5, 0.6) is 0 Å². The lowest BCUT2D eigenvalue weighted by Gasteiger charge is -2.31. The number of piperidine rings is 1. The van der Waals surface area contributed by atoms with E-state index in [4.69, 9.17) is 5.73 Å². The number of likely N-dealkylation sites (tertiary alicyclic amines) is 1. The number of hydrogen-bond acceptors (Lipinski definition) is 5. The Labute approximate surface area is 130 Å². The Morgan fingerprint density at radius 3 is 2.77 bits per heavy atom. The fraction of sp³-hybridized carbons (Fsp3) is 0.600. The van der Waals surface area contributed by atoms with Crippen LogP contribution in [0.3, 0.4) is 0 Å². The molecule has 2 heterocycles. The van der Waals surface area contributed by atoms with Crippen LogP contribution in [0.25, 0.3) is 0 Å². The Bertz CT molecular complexity index is 573. The summed E-state index contributed by atoms with van der Waals surface area (Å²) in [6.45, 7) is 3.69. The van der Waals surface area contributed by atoms with E-state index < -0.39 is 0 Å². The lowest BCUT2D eigenvalue weighted by Crippen LogP contribution is -2.40. The highest BCUT2D eigenvalue weighted by atomic mass is 16.2. The number of nitrogens with two attached hydrogens (primary N) is 1. The Balaban J connectivity index is 2.14. The smallest absolute Gasteiger partial charge is 0.256 e. The van der Waals surface area contributed by atoms with E-state index >= 15 is 0 Å². The first kappa shape index (κ1) is 16.4. The van der Waals surface area contributed by atoms with E-state index in [1.165, 1.54) is 4.90 Å². The van der Waals surface area contributed by atoms with Crippen LogP contribution in [0.4, 0.5) is 0 Å². The standard InChI is InChI=1S/C15H23N5O2/c1-10-12(15(22)19(2)3)7-17-14(18-10)11-5-4-6-20(8-11)9-13(16)21/h7,11H,4-6,8-9H2,1-3H3,(H2,16,21). The molecular formula is C15H23N5O2. The molecule has 0 radical (unpaired) electrons. The second kappa shape index (κ2) is 6.83. The molecule has 2 N–H and O–H groups in total. The second-order valence-electron chi connectivity index (χ2n) is 5.97. The molecule has 120 valence electrons. The van der Waals surface area contributed by atoms with Gasteiger partial charge >= 0.3 is 0 Å². The molecule has 1 atom stereocenters. The number of carbonyl (C=O) groups excluding carboxylic acids is 2. The summed E-state index contributed by atoms with van der Waals surface area (Å²) in [6.07, 6.45) is 3.57. The molecule has 0 bridgehead atoms. The molecule has 0 aromatic carbocycles. The van der Waals surface area contributed by atoms with Crippen molar-refractivity contribution in [1.82, 2.24) is 19.8 Å². The molecule has 7 nitrogen and oxygen atoms in total. The zero-order valence-corrected chi connectivity index (χ0v) is 13.4. The third kappa shape index (κ3) is 3.79. The van der Waals surface area contributed by atoms with Gasteiger partial charge in [0.2, 0.25) is 5.91 Å². The zero-order valence-electron chi connectivity index (χ0n) is 13.4. The van der Waals surface area contributed by atoms with Crippen molar-refractivity contribution in [2.75, 3.05) is 33.7 Å². The van der Waals surface area contributed by atoms with Crippen molar-refractivity contribution in [1.29, 1.82) is 0 Å². The summed E-state index contributed by atoms with van der Waals surface area (Å²) in [4.78, 5) is 35.5. The van der Waals surface area contributed by atoms with E-state index in [9.17, 15) is 9.59 Å². The monoisotopic (exact) mass is 305 g/mol. The SMILES string of the molecule is Cc1nc(C2CCCN(CC(N)=O)C2)ncc1C(=O)N(C)C. The molecular weight excluding hydrogens is 282 g/mol. The summed E-state index contributed by atoms with van der Waals surface area (Å²) < 4.78 is 0. The zero-order chi connectivity index (χ0) is 16.3. The molecule has 1 aliphatic rings. The van der Waals surface area contributed by atoms with Gasteiger partial charge in [-0.3, -0.25) is 14.5 Å². The molecule has 1 aliphatic heterocycles. The van der Waals surface area contributed by atoms with E-state index in [2.05, 4.69) is 9.97 Å². The fourth-order valence-corrected chi connectivity index (χ4v) is 2.76. The predicted octanol–water partition coefficient (Wildman–Crippen LogP) is 0.152. The summed E-state index contributed by atoms with van der Waals surface area (Å²) in [5.41, 5.74) is 6.48. The van der Waals surface area contributed by atoms with Crippen LogP contribution < -0.4 is 5.73 Å². The molecule has 0 spiro atoms. The lowest BCUT2D eigenvalue weighted by molar-refractivity contribution is -0.119. The Morgan fingerprint density at radius 1 is 1.45 bits per heavy atom. The van der Waals surface area contributed by atoms with Gasteiger partial charge in [0.25, 0.3) is 5.91 Å². The van der Waals surface area contributed by atoms with Gasteiger partial charge in [0.05, 0.1) is 17.8 Å². The van der Waals surface area contributed by atoms with Crippen LogP contribution in [-0.4, -0.2) is 65.3 Å². The maximum absolute atomic E-state index is 12.0. The molecule has 1 saturated heterocycles. The molecule has 7 heteroatoms. The van der Waals surface area contributed by atoms with Crippen molar-refractivity contribution in [2.24, 2.45) is 5.73 Å². The highest BCUT2D eigenvalue weighted by Gasteiger charge is 2.25. The van der Waals surface area contributed by atoms with Crippen LogP contribution in [-0.2, 0) is 4.79 Å². The van der Waals surface area contributed by atoms with E-state index in [0.717, 1.165) is 31.8 Å². The predicted molar refractivity (Wildman–Crippen MR) is 82.4 cm³/mol. The molecule has 2 amide bonds. The van der Waals surface area contributed by atoms with Crippen molar-refractivity contribution in [3.05, 3.63) is 23.3 Å². The summed E-state index contributed by atoms with van der Waals surface area (Å²) in [5.74, 6) is 0.505. The van der Waals surface area contributed by atoms with Gasteiger partial charge in [-0.1, -0.05) is 0 Å². The molecule has 1 aromatic heterocycles. The maximum Gasteiger partial charge on any atom is 0.256 e. The van der Waals surface area contributed by atoms with Crippen LogP contribution in [0.15, 0.2) is 6.20 Å². The van der Waals surface area contributed by atoms with E-state index in [1.807, 2.05) is 11.8 Å². The third-order valence-corrected chi connectivity index (χ3v) is 3.88. The average molecular weight is 305 g/mol. The minimum atomic E-state index is -0.315. The fourth-order valence-electron chi connectivity index (χ4n) is 2.76. The number of rotatable bonds is 4. The minimum Gasteiger partial charge on any atom is -0.369 e. The van der Waals surface area contributed by atoms with Gasteiger partial charge in [-0.2, -0.15) is 0 Å². The van der Waals surface area contributed by atoms with Gasteiger partial charge in [-0.15, -0.1) is 0 Å². The maximum atomic E-state index is 12.0. The van der Waals surface area contributed by atoms with Crippen molar-refractivity contribution >= 4 is 11.8 Å². The average Bonchev–Trinajstić information content (AvgIpc) is 2.46. The molecule has 1 fully saturated rings. The summed E-state index contributed by atoms with van der Waals surface area (Å²) >= 11 is 0. The number of aryl methyl sites for hydroxylation is 1. The van der Waals surface area contributed by atoms with Crippen molar-refractivity contribution in [2.45, 2.75) is 25.7 Å². The van der Waals surface area contributed by atoms with Gasteiger partial charge in [-0.25, -0.2) is 9.97 Å². The Kier molecular flexibility index (Phi) is 5.07. The molecule has 2 rings (SSSR count). The molecule has 0 saturated carbocycles. The lowest BCUT2D eigenvalue weighted by atomic mass is 9.97. The van der Waals surface area contributed by atoms with Gasteiger partial charge < -0.3 is 10.6 Å². The van der Waals surface area contributed by atoms with Crippen LogP contribution in [0.2, 0.25) is 0 Å². The molecule has 22 heavy (non-hydrogen) atoms. The minimum absolute atomic E-state index is 0.0944. The number of hydrogen-bond donors (Lipinski definition) is 1. The van der Waals surface area contributed by atoms with Gasteiger partial charge in [0, 0.05) is 32.8 Å². The van der Waals surface area contributed by atoms with Crippen molar-refractivity contribution < 1.29 is 9.59 Å². The van der Waals surface area contributed by atoms with Crippen LogP contribution in [0.1, 0.15) is 40.6 Å². The van der Waals surface area contributed by atoms with Crippen molar-refractivity contribution in [3.63, 3.8) is 0 Å². The first-order valence-electron chi connectivity index (χ1n) is 7.44. The van der Waals surface area contributed by atoms with Crippen molar-refractivity contribution in [3.8, 4) is 0 Å². The van der Waals surface area contributed by atoms with Gasteiger partial charge in [0.15, 0.2) is 0 Å². The molecule has 1 unspecified atom stereocenters. The summed E-state index contributed by atoms with van der Waals surface area (Å²) in [7, 11) is 3.41. The molecule has 1 aromatic rings. The van der Waals surface area contributed by atoms with E-state index in [1.54, 1.807) is 20.3 Å².